The molecule has 0 aliphatic rings. The number of carbonyl (C=O) groups excluding carboxylic acids is 1. The zero-order chi connectivity index (χ0) is 21.0. The second kappa shape index (κ2) is 8.18. The van der Waals surface area contributed by atoms with E-state index in [0.717, 1.165) is 0 Å². The van der Waals surface area contributed by atoms with Gasteiger partial charge in [0.1, 0.15) is 29.8 Å². The predicted octanol–water partition coefficient (Wildman–Crippen LogP) is 2.15. The molecule has 1 aromatic carbocycles. The predicted molar refractivity (Wildman–Crippen MR) is 102 cm³/mol. The topological polar surface area (TPSA) is 160 Å². The van der Waals surface area contributed by atoms with Crippen LogP contribution in [0.4, 0.5) is 11.8 Å². The van der Waals surface area contributed by atoms with Crippen molar-refractivity contribution in [1.82, 2.24) is 9.97 Å². The summed E-state index contributed by atoms with van der Waals surface area (Å²) in [6, 6.07) is 10.1. The highest BCUT2D eigenvalue weighted by Crippen LogP contribution is 2.40. The Morgan fingerprint density at radius 2 is 2.00 bits per heavy atom. The molecule has 0 saturated carbocycles. The number of furan rings is 1. The van der Waals surface area contributed by atoms with E-state index in [1.807, 2.05) is 6.07 Å². The highest BCUT2D eigenvalue weighted by molar-refractivity contribution is 5.86. The summed E-state index contributed by atoms with van der Waals surface area (Å²) in [5.74, 6) is 0.386. The average Bonchev–Trinajstić information content (AvgIpc) is 3.19. The smallest absolute Gasteiger partial charge is 0.373 e. The fourth-order valence-electron chi connectivity index (χ4n) is 2.62. The van der Waals surface area contributed by atoms with E-state index in [0.29, 0.717) is 22.8 Å². The molecule has 2 aromatic heterocycles. The Kier molecular flexibility index (Phi) is 5.50. The van der Waals surface area contributed by atoms with E-state index < -0.39 is 5.97 Å². The van der Waals surface area contributed by atoms with Gasteiger partial charge in [-0.25, -0.2) is 9.78 Å². The van der Waals surface area contributed by atoms with Crippen LogP contribution in [0.1, 0.15) is 21.9 Å². The minimum Gasteiger partial charge on any atom is -0.493 e. The van der Waals surface area contributed by atoms with E-state index in [2.05, 4.69) is 14.7 Å². The molecule has 3 rings (SSSR count). The standard InChI is InChI=1S/C19H17N5O5/c1-26-13-5-3-4-11(15-12(8-20)17(21)24-19(22)23-15)16(13)28-9-10-6-7-14(29-10)18(25)27-2/h3-7H,9H2,1-2H3,(H4,21,22,23,24). The molecule has 0 amide bonds. The molecular weight excluding hydrogens is 378 g/mol. The molecular formula is C19H17N5O5. The molecule has 29 heavy (non-hydrogen) atoms. The first kappa shape index (κ1) is 19.5. The lowest BCUT2D eigenvalue weighted by Gasteiger charge is -2.15. The van der Waals surface area contributed by atoms with E-state index in [4.69, 9.17) is 25.4 Å². The van der Waals surface area contributed by atoms with Crippen LogP contribution in [0.3, 0.4) is 0 Å². The van der Waals surface area contributed by atoms with E-state index in [-0.39, 0.29) is 35.4 Å². The number of ether oxygens (including phenoxy) is 3. The number of benzene rings is 1. The van der Waals surface area contributed by atoms with Gasteiger partial charge in [-0.05, 0) is 24.3 Å². The third kappa shape index (κ3) is 3.89. The quantitative estimate of drug-likeness (QED) is 0.592. The fourth-order valence-corrected chi connectivity index (χ4v) is 2.62. The molecule has 0 aliphatic carbocycles. The summed E-state index contributed by atoms with van der Waals surface area (Å²) in [4.78, 5) is 19.5. The van der Waals surface area contributed by atoms with Crippen molar-refractivity contribution in [3.05, 3.63) is 47.4 Å². The molecule has 10 heteroatoms. The number of aromatic nitrogens is 2. The number of rotatable bonds is 6. The maximum absolute atomic E-state index is 11.5. The number of methoxy groups -OCH3 is 2. The van der Waals surface area contributed by atoms with Crippen molar-refractivity contribution in [2.45, 2.75) is 6.61 Å². The minimum atomic E-state index is -0.597. The molecule has 0 saturated heterocycles. The van der Waals surface area contributed by atoms with Gasteiger partial charge in [-0.2, -0.15) is 10.2 Å². The third-order valence-electron chi connectivity index (χ3n) is 3.93. The van der Waals surface area contributed by atoms with Crippen molar-refractivity contribution in [3.8, 4) is 28.8 Å². The average molecular weight is 395 g/mol. The Bertz CT molecular complexity index is 1100. The van der Waals surface area contributed by atoms with Gasteiger partial charge in [0.2, 0.25) is 11.7 Å². The van der Waals surface area contributed by atoms with Gasteiger partial charge in [-0.1, -0.05) is 6.07 Å². The van der Waals surface area contributed by atoms with Crippen molar-refractivity contribution in [3.63, 3.8) is 0 Å². The summed E-state index contributed by atoms with van der Waals surface area (Å²) in [6.45, 7) is -0.0255. The van der Waals surface area contributed by atoms with E-state index >= 15 is 0 Å². The monoisotopic (exact) mass is 395 g/mol. The molecule has 0 bridgehead atoms. The van der Waals surface area contributed by atoms with Gasteiger partial charge in [-0.15, -0.1) is 0 Å². The molecule has 0 atom stereocenters. The van der Waals surface area contributed by atoms with Crippen molar-refractivity contribution < 1.29 is 23.4 Å². The maximum Gasteiger partial charge on any atom is 0.373 e. The second-order valence-electron chi connectivity index (χ2n) is 5.69. The Morgan fingerprint density at radius 3 is 2.69 bits per heavy atom. The largest absolute Gasteiger partial charge is 0.493 e. The summed E-state index contributed by atoms with van der Waals surface area (Å²) >= 11 is 0. The highest BCUT2D eigenvalue weighted by Gasteiger charge is 2.20. The number of nitriles is 1. The minimum absolute atomic E-state index is 0.0255. The number of anilines is 2. The van der Waals surface area contributed by atoms with Crippen LogP contribution >= 0.6 is 0 Å². The van der Waals surface area contributed by atoms with Crippen LogP contribution < -0.4 is 20.9 Å². The first-order valence-corrected chi connectivity index (χ1v) is 8.28. The van der Waals surface area contributed by atoms with Crippen LogP contribution in [-0.2, 0) is 11.3 Å². The van der Waals surface area contributed by atoms with Crippen LogP contribution in [0.15, 0.2) is 34.7 Å². The Morgan fingerprint density at radius 1 is 1.21 bits per heavy atom. The lowest BCUT2D eigenvalue weighted by molar-refractivity contribution is 0.0561. The van der Waals surface area contributed by atoms with Crippen LogP contribution in [0.25, 0.3) is 11.3 Å². The summed E-state index contributed by atoms with van der Waals surface area (Å²) in [7, 11) is 2.73. The van der Waals surface area contributed by atoms with Crippen molar-refractivity contribution in [2.24, 2.45) is 0 Å². The molecule has 0 unspecified atom stereocenters. The van der Waals surface area contributed by atoms with Gasteiger partial charge >= 0.3 is 5.97 Å². The maximum atomic E-state index is 11.5. The molecule has 0 fully saturated rings. The van der Waals surface area contributed by atoms with Crippen molar-refractivity contribution >= 4 is 17.7 Å². The summed E-state index contributed by atoms with van der Waals surface area (Å²) in [6.07, 6.45) is 0. The van der Waals surface area contributed by atoms with Crippen LogP contribution in [0.2, 0.25) is 0 Å². The van der Waals surface area contributed by atoms with Gasteiger partial charge in [0.15, 0.2) is 11.5 Å². The Labute approximate surface area is 165 Å². The SMILES string of the molecule is COC(=O)c1ccc(COc2c(OC)cccc2-c2nc(N)nc(N)c2C#N)o1. The van der Waals surface area contributed by atoms with Crippen molar-refractivity contribution in [1.29, 1.82) is 5.26 Å². The molecule has 0 radical (unpaired) electrons. The zero-order valence-corrected chi connectivity index (χ0v) is 15.6. The number of hydrogen-bond acceptors (Lipinski definition) is 10. The molecule has 10 nitrogen and oxygen atoms in total. The van der Waals surface area contributed by atoms with Crippen LogP contribution in [0, 0.1) is 11.3 Å². The molecule has 2 heterocycles. The lowest BCUT2D eigenvalue weighted by atomic mass is 10.1. The third-order valence-corrected chi connectivity index (χ3v) is 3.93. The summed E-state index contributed by atoms with van der Waals surface area (Å²) in [5.41, 5.74) is 12.2. The number of carbonyl (C=O) groups is 1. The first-order valence-electron chi connectivity index (χ1n) is 8.28. The van der Waals surface area contributed by atoms with Crippen molar-refractivity contribution in [2.75, 3.05) is 25.7 Å². The summed E-state index contributed by atoms with van der Waals surface area (Å²) < 4.78 is 21.3. The van der Waals surface area contributed by atoms with E-state index in [1.165, 1.54) is 20.3 Å². The number of hydrogen-bond donors (Lipinski definition) is 2. The van der Waals surface area contributed by atoms with E-state index in [1.54, 1.807) is 24.3 Å². The molecule has 0 spiro atoms. The number of nitrogens with two attached hydrogens (primary N) is 2. The zero-order valence-electron chi connectivity index (χ0n) is 15.6. The number of nitrogen functional groups attached to an aromatic ring is 2. The second-order valence-corrected chi connectivity index (χ2v) is 5.69. The van der Waals surface area contributed by atoms with Gasteiger partial charge in [0.25, 0.3) is 0 Å². The molecule has 4 N–H and O–H groups in total. The highest BCUT2D eigenvalue weighted by atomic mass is 16.5. The normalized spacial score (nSPS) is 10.2. The van der Waals surface area contributed by atoms with Gasteiger partial charge in [0.05, 0.1) is 19.9 Å². The Hall–Kier alpha value is -4.26. The number of nitrogens with zero attached hydrogens (tertiary/aromatic N) is 3. The number of esters is 1. The molecule has 0 aliphatic heterocycles. The molecule has 148 valence electrons. The summed E-state index contributed by atoms with van der Waals surface area (Å²) in [5, 5.41) is 9.47. The lowest BCUT2D eigenvalue weighted by Crippen LogP contribution is -2.06. The molecule has 3 aromatic rings. The van der Waals surface area contributed by atoms with Gasteiger partial charge in [0, 0.05) is 5.56 Å². The number of para-hydroxylation sites is 1. The van der Waals surface area contributed by atoms with Gasteiger partial charge in [-0.3, -0.25) is 0 Å². The van der Waals surface area contributed by atoms with Gasteiger partial charge < -0.3 is 30.1 Å². The van der Waals surface area contributed by atoms with Crippen LogP contribution in [-0.4, -0.2) is 30.2 Å². The first-order chi connectivity index (χ1) is 14.0. The van der Waals surface area contributed by atoms with Crippen LogP contribution in [0.5, 0.6) is 11.5 Å². The fraction of sp³-hybridized carbons (Fsp3) is 0.158. The Balaban J connectivity index is 2.01. The van der Waals surface area contributed by atoms with E-state index in [9.17, 15) is 10.1 Å².